The van der Waals surface area contributed by atoms with Crippen LogP contribution in [0.15, 0.2) is 48.5 Å². The van der Waals surface area contributed by atoms with E-state index in [0.29, 0.717) is 11.6 Å². The summed E-state index contributed by atoms with van der Waals surface area (Å²) in [6.07, 6.45) is -0.640. The standard InChI is InChI=1S/C19H19N7O5/c20-16(29)14(9-15(27)28)25-26-19(31)24-17(30)10-4-3-5-11(8-10)21-18-22-12-6-1-2-7-13(12)23-18/h1-8,14,25H,9H2,(H2,20,29)(H,27,28)(H2,21,22,23)(H2,24,26,30,31)/t14-/m0/s1. The van der Waals surface area contributed by atoms with Crippen molar-refractivity contribution < 1.29 is 24.3 Å². The van der Waals surface area contributed by atoms with Crippen molar-refractivity contribution in [2.24, 2.45) is 5.73 Å². The fourth-order valence-corrected chi connectivity index (χ4v) is 2.64. The number of carboxylic acid groups (broad SMARTS) is 1. The monoisotopic (exact) mass is 425 g/mol. The van der Waals surface area contributed by atoms with E-state index < -0.39 is 36.3 Å². The summed E-state index contributed by atoms with van der Waals surface area (Å²) in [7, 11) is 0. The van der Waals surface area contributed by atoms with Gasteiger partial charge in [-0.15, -0.1) is 0 Å². The van der Waals surface area contributed by atoms with Crippen molar-refractivity contribution in [2.75, 3.05) is 5.32 Å². The lowest BCUT2D eigenvalue weighted by Gasteiger charge is -2.14. The van der Waals surface area contributed by atoms with Crippen LogP contribution in [0.3, 0.4) is 0 Å². The first-order valence-electron chi connectivity index (χ1n) is 9.01. The molecule has 0 aliphatic heterocycles. The fraction of sp³-hybridized carbons (Fsp3) is 0.105. The van der Waals surface area contributed by atoms with Gasteiger partial charge in [0.15, 0.2) is 0 Å². The Morgan fingerprint density at radius 2 is 1.87 bits per heavy atom. The van der Waals surface area contributed by atoms with Crippen LogP contribution in [0.4, 0.5) is 16.4 Å². The van der Waals surface area contributed by atoms with Gasteiger partial charge >= 0.3 is 12.0 Å². The predicted octanol–water partition coefficient (Wildman–Crippen LogP) is 0.579. The molecule has 4 amide bonds. The number of rotatable bonds is 8. The van der Waals surface area contributed by atoms with E-state index in [2.05, 4.69) is 26.0 Å². The van der Waals surface area contributed by atoms with Crippen LogP contribution in [0.25, 0.3) is 11.0 Å². The van der Waals surface area contributed by atoms with Crippen molar-refractivity contribution in [3.8, 4) is 0 Å². The number of aromatic amines is 1. The number of nitrogens with one attached hydrogen (secondary N) is 5. The molecular formula is C19H19N7O5. The van der Waals surface area contributed by atoms with Crippen molar-refractivity contribution in [3.63, 3.8) is 0 Å². The van der Waals surface area contributed by atoms with E-state index in [1.165, 1.54) is 12.1 Å². The van der Waals surface area contributed by atoms with Crippen LogP contribution < -0.4 is 27.2 Å². The van der Waals surface area contributed by atoms with Crippen LogP contribution >= 0.6 is 0 Å². The van der Waals surface area contributed by atoms with Gasteiger partial charge in [0, 0.05) is 11.3 Å². The lowest BCUT2D eigenvalue weighted by Crippen LogP contribution is -2.54. The molecule has 31 heavy (non-hydrogen) atoms. The Balaban J connectivity index is 1.59. The number of fused-ring (bicyclic) bond motifs is 1. The molecule has 0 fully saturated rings. The van der Waals surface area contributed by atoms with Crippen LogP contribution in [0.5, 0.6) is 0 Å². The molecule has 1 aromatic heterocycles. The third-order valence-corrected chi connectivity index (χ3v) is 4.09. The molecular weight excluding hydrogens is 406 g/mol. The second kappa shape index (κ2) is 9.37. The smallest absolute Gasteiger partial charge is 0.336 e. The van der Waals surface area contributed by atoms with Crippen LogP contribution in [-0.2, 0) is 9.59 Å². The number of carbonyl (C=O) groups is 4. The lowest BCUT2D eigenvalue weighted by molar-refractivity contribution is -0.139. The largest absolute Gasteiger partial charge is 0.481 e. The number of amides is 4. The van der Waals surface area contributed by atoms with E-state index in [9.17, 15) is 19.2 Å². The zero-order chi connectivity index (χ0) is 22.4. The Bertz CT molecular complexity index is 1110. The van der Waals surface area contributed by atoms with E-state index in [0.717, 1.165) is 11.0 Å². The van der Waals surface area contributed by atoms with Gasteiger partial charge in [-0.2, -0.15) is 0 Å². The van der Waals surface area contributed by atoms with E-state index in [1.807, 2.05) is 29.7 Å². The summed E-state index contributed by atoms with van der Waals surface area (Å²) in [6, 6.07) is 11.5. The highest BCUT2D eigenvalue weighted by atomic mass is 16.4. The number of carbonyl (C=O) groups excluding carboxylic acids is 3. The van der Waals surface area contributed by atoms with Crippen LogP contribution in [0, 0.1) is 0 Å². The molecule has 0 aliphatic rings. The zero-order valence-electron chi connectivity index (χ0n) is 16.0. The van der Waals surface area contributed by atoms with Crippen LogP contribution in [0.1, 0.15) is 16.8 Å². The van der Waals surface area contributed by atoms with Gasteiger partial charge in [-0.3, -0.25) is 25.1 Å². The van der Waals surface area contributed by atoms with Gasteiger partial charge in [0.1, 0.15) is 6.04 Å². The molecule has 0 bridgehead atoms. The van der Waals surface area contributed by atoms with Gasteiger partial charge in [0.25, 0.3) is 5.91 Å². The molecule has 0 saturated carbocycles. The minimum atomic E-state index is -1.34. The highest BCUT2D eigenvalue weighted by molar-refractivity contribution is 6.04. The SMILES string of the molecule is NC(=O)[C@H](CC(=O)O)NNC(=O)NC(=O)c1cccc(Nc2nc3ccccc3[nH]2)c1. The number of imide groups is 1. The molecule has 0 radical (unpaired) electrons. The summed E-state index contributed by atoms with van der Waals surface area (Å²) in [5.41, 5.74) is 11.6. The number of urea groups is 1. The molecule has 0 unspecified atom stereocenters. The van der Waals surface area contributed by atoms with Gasteiger partial charge < -0.3 is 21.1 Å². The van der Waals surface area contributed by atoms with Crippen LogP contribution in [0.2, 0.25) is 0 Å². The Kier molecular flexibility index (Phi) is 6.42. The molecule has 0 aliphatic carbocycles. The first-order valence-corrected chi connectivity index (χ1v) is 9.01. The van der Waals surface area contributed by atoms with Crippen molar-refractivity contribution in [1.29, 1.82) is 0 Å². The maximum Gasteiger partial charge on any atom is 0.336 e. The molecule has 12 heteroatoms. The van der Waals surface area contributed by atoms with Crippen molar-refractivity contribution in [3.05, 3.63) is 54.1 Å². The molecule has 1 heterocycles. The number of nitrogens with zero attached hydrogens (tertiary/aromatic N) is 1. The average molecular weight is 425 g/mol. The summed E-state index contributed by atoms with van der Waals surface area (Å²) < 4.78 is 0. The molecule has 8 N–H and O–H groups in total. The Hall–Kier alpha value is -4.45. The van der Waals surface area contributed by atoms with Crippen LogP contribution in [-0.4, -0.2) is 44.9 Å². The number of aromatic nitrogens is 2. The summed E-state index contributed by atoms with van der Waals surface area (Å²) in [4.78, 5) is 53.6. The Labute approximate surface area is 175 Å². The number of hydrogen-bond donors (Lipinski definition) is 7. The number of carboxylic acids is 1. The first-order chi connectivity index (χ1) is 14.8. The second-order valence-electron chi connectivity index (χ2n) is 6.41. The molecule has 2 aromatic carbocycles. The summed E-state index contributed by atoms with van der Waals surface area (Å²) >= 11 is 0. The fourth-order valence-electron chi connectivity index (χ4n) is 2.64. The number of hydrogen-bond acceptors (Lipinski definition) is 7. The van der Waals surface area contributed by atoms with Crippen molar-refractivity contribution in [1.82, 2.24) is 26.1 Å². The third kappa shape index (κ3) is 5.77. The summed E-state index contributed by atoms with van der Waals surface area (Å²) in [5.74, 6) is -2.50. The average Bonchev–Trinajstić information content (AvgIpc) is 3.13. The highest BCUT2D eigenvalue weighted by Gasteiger charge is 2.20. The third-order valence-electron chi connectivity index (χ3n) is 4.09. The number of para-hydroxylation sites is 2. The molecule has 1 atom stereocenters. The number of primary amides is 1. The first kappa shape index (κ1) is 21.3. The minimum Gasteiger partial charge on any atom is -0.481 e. The summed E-state index contributed by atoms with van der Waals surface area (Å²) in [5, 5.41) is 13.8. The maximum atomic E-state index is 12.3. The summed E-state index contributed by atoms with van der Waals surface area (Å²) in [6.45, 7) is 0. The van der Waals surface area contributed by atoms with Crippen molar-refractivity contribution >= 4 is 46.5 Å². The number of nitrogens with two attached hydrogens (primary N) is 1. The van der Waals surface area contributed by atoms with Gasteiger partial charge in [0.2, 0.25) is 11.9 Å². The molecule has 0 saturated heterocycles. The molecule has 160 valence electrons. The number of H-pyrrole nitrogens is 1. The lowest BCUT2D eigenvalue weighted by atomic mass is 10.2. The van der Waals surface area contributed by atoms with E-state index in [1.54, 1.807) is 12.1 Å². The molecule has 0 spiro atoms. The second-order valence-corrected chi connectivity index (χ2v) is 6.41. The normalized spacial score (nSPS) is 11.5. The van der Waals surface area contributed by atoms with Crippen molar-refractivity contribution in [2.45, 2.75) is 12.5 Å². The topological polar surface area (TPSA) is 191 Å². The maximum absolute atomic E-state index is 12.3. The minimum absolute atomic E-state index is 0.174. The van der Waals surface area contributed by atoms with Gasteiger partial charge in [-0.25, -0.2) is 15.2 Å². The van der Waals surface area contributed by atoms with Gasteiger partial charge in [0.05, 0.1) is 17.5 Å². The van der Waals surface area contributed by atoms with E-state index in [-0.39, 0.29) is 5.56 Å². The molecule has 3 rings (SSSR count). The number of hydrazine groups is 1. The molecule has 12 nitrogen and oxygen atoms in total. The number of anilines is 2. The Morgan fingerprint density at radius 3 is 2.58 bits per heavy atom. The number of aliphatic carboxylic acids is 1. The predicted molar refractivity (Wildman–Crippen MR) is 110 cm³/mol. The quantitative estimate of drug-likeness (QED) is 0.255. The molecule has 3 aromatic rings. The number of imidazole rings is 1. The van der Waals surface area contributed by atoms with E-state index >= 15 is 0 Å². The Morgan fingerprint density at radius 1 is 1.10 bits per heavy atom. The van der Waals surface area contributed by atoms with Gasteiger partial charge in [-0.05, 0) is 30.3 Å². The zero-order valence-corrected chi connectivity index (χ0v) is 16.0. The number of benzene rings is 2. The highest BCUT2D eigenvalue weighted by Crippen LogP contribution is 2.19. The van der Waals surface area contributed by atoms with Gasteiger partial charge in [-0.1, -0.05) is 18.2 Å². The van der Waals surface area contributed by atoms with E-state index in [4.69, 9.17) is 10.8 Å².